The van der Waals surface area contributed by atoms with Gasteiger partial charge in [0.1, 0.15) is 0 Å². The topological polar surface area (TPSA) is 79.5 Å². The number of likely N-dealkylation sites (tertiary alicyclic amines) is 1. The summed E-state index contributed by atoms with van der Waals surface area (Å²) < 4.78 is 4.63. The summed E-state index contributed by atoms with van der Waals surface area (Å²) in [6, 6.07) is 0.421. The Bertz CT molecular complexity index is 377. The first-order valence-corrected chi connectivity index (χ1v) is 5.50. The first kappa shape index (κ1) is 11.1. The van der Waals surface area contributed by atoms with Crippen LogP contribution in [0.25, 0.3) is 0 Å². The number of carbonyl (C=O) groups is 1. The maximum absolute atomic E-state index is 10.6. The molecule has 0 saturated carbocycles. The monoisotopic (exact) mass is 225 g/mol. The van der Waals surface area contributed by atoms with E-state index in [0.29, 0.717) is 18.3 Å². The quantitative estimate of drug-likeness (QED) is 0.816. The van der Waals surface area contributed by atoms with Crippen LogP contribution in [0.5, 0.6) is 0 Å². The average Bonchev–Trinajstić information content (AvgIpc) is 2.87. The van der Waals surface area contributed by atoms with Gasteiger partial charge in [-0.1, -0.05) is 12.1 Å². The first-order chi connectivity index (χ1) is 7.70. The van der Waals surface area contributed by atoms with Crippen LogP contribution in [0.4, 0.5) is 0 Å². The lowest BCUT2D eigenvalue weighted by Gasteiger charge is -2.20. The van der Waals surface area contributed by atoms with Gasteiger partial charge >= 0.3 is 11.9 Å². The van der Waals surface area contributed by atoms with E-state index in [9.17, 15) is 4.79 Å². The summed E-state index contributed by atoms with van der Waals surface area (Å²) in [4.78, 5) is 16.8. The highest BCUT2D eigenvalue weighted by Crippen LogP contribution is 2.19. The Morgan fingerprint density at radius 3 is 3.12 bits per heavy atom. The number of aromatic nitrogens is 2. The largest absolute Gasteiger partial charge is 0.474 e. The second-order valence-electron chi connectivity index (χ2n) is 3.95. The maximum atomic E-state index is 10.6. The van der Waals surface area contributed by atoms with E-state index in [1.54, 1.807) is 0 Å². The lowest BCUT2D eigenvalue weighted by molar-refractivity contribution is 0.0643. The van der Waals surface area contributed by atoms with E-state index in [1.165, 1.54) is 6.42 Å². The van der Waals surface area contributed by atoms with Crippen molar-refractivity contribution in [2.75, 3.05) is 13.1 Å². The van der Waals surface area contributed by atoms with Crippen molar-refractivity contribution in [3.05, 3.63) is 11.7 Å². The molecule has 1 saturated heterocycles. The summed E-state index contributed by atoms with van der Waals surface area (Å²) in [5.41, 5.74) is 0. The average molecular weight is 225 g/mol. The molecule has 1 aliphatic rings. The van der Waals surface area contributed by atoms with Gasteiger partial charge in [-0.3, -0.25) is 0 Å². The van der Waals surface area contributed by atoms with Crippen LogP contribution < -0.4 is 0 Å². The van der Waals surface area contributed by atoms with E-state index in [4.69, 9.17) is 5.11 Å². The summed E-state index contributed by atoms with van der Waals surface area (Å²) >= 11 is 0. The van der Waals surface area contributed by atoms with Crippen LogP contribution in [0.2, 0.25) is 0 Å². The molecular formula is C10H15N3O3. The standard InChI is InChI=1S/C10H15N3O3/c1-2-13-5-3-4-7(13)6-8-11-9(10(14)15)16-12-8/h7H,2-6H2,1H3,(H,14,15). The van der Waals surface area contributed by atoms with Crippen LogP contribution in [0.3, 0.4) is 0 Å². The zero-order valence-corrected chi connectivity index (χ0v) is 9.22. The molecule has 1 aliphatic heterocycles. The smallest absolute Gasteiger partial charge is 0.394 e. The number of rotatable bonds is 4. The van der Waals surface area contributed by atoms with E-state index >= 15 is 0 Å². The maximum Gasteiger partial charge on any atom is 0.394 e. The van der Waals surface area contributed by atoms with Crippen molar-refractivity contribution in [1.29, 1.82) is 0 Å². The molecule has 6 nitrogen and oxygen atoms in total. The second-order valence-corrected chi connectivity index (χ2v) is 3.95. The zero-order valence-electron chi connectivity index (χ0n) is 9.22. The van der Waals surface area contributed by atoms with E-state index in [2.05, 4.69) is 26.5 Å². The van der Waals surface area contributed by atoms with Crippen LogP contribution in [0.1, 0.15) is 36.3 Å². The molecular weight excluding hydrogens is 210 g/mol. The lowest BCUT2D eigenvalue weighted by Crippen LogP contribution is -2.31. The Labute approximate surface area is 93.2 Å². The molecule has 0 amide bonds. The van der Waals surface area contributed by atoms with Crippen molar-refractivity contribution in [1.82, 2.24) is 15.0 Å². The molecule has 2 heterocycles. The fourth-order valence-electron chi connectivity index (χ4n) is 2.18. The molecule has 16 heavy (non-hydrogen) atoms. The molecule has 1 aromatic rings. The number of aromatic carboxylic acids is 1. The van der Waals surface area contributed by atoms with Gasteiger partial charge in [0, 0.05) is 12.5 Å². The summed E-state index contributed by atoms with van der Waals surface area (Å²) in [7, 11) is 0. The number of nitrogens with zero attached hydrogens (tertiary/aromatic N) is 3. The van der Waals surface area contributed by atoms with Gasteiger partial charge in [0.2, 0.25) is 0 Å². The Morgan fingerprint density at radius 2 is 2.50 bits per heavy atom. The molecule has 88 valence electrons. The van der Waals surface area contributed by atoms with Gasteiger partial charge in [-0.25, -0.2) is 4.79 Å². The molecule has 0 radical (unpaired) electrons. The van der Waals surface area contributed by atoms with Gasteiger partial charge in [0.15, 0.2) is 5.82 Å². The van der Waals surface area contributed by atoms with Crippen LogP contribution >= 0.6 is 0 Å². The van der Waals surface area contributed by atoms with Gasteiger partial charge in [0.25, 0.3) is 0 Å². The fourth-order valence-corrected chi connectivity index (χ4v) is 2.18. The minimum Gasteiger partial charge on any atom is -0.474 e. The SMILES string of the molecule is CCN1CCCC1Cc1noc(C(=O)O)n1. The molecule has 1 fully saturated rings. The van der Waals surface area contributed by atoms with Crippen LogP contribution in [-0.4, -0.2) is 45.2 Å². The zero-order chi connectivity index (χ0) is 11.5. The van der Waals surface area contributed by atoms with Crippen LogP contribution in [0.15, 0.2) is 4.52 Å². The molecule has 2 rings (SSSR count). The Balaban J connectivity index is 2.00. The summed E-state index contributed by atoms with van der Waals surface area (Å²) in [5.74, 6) is -1.00. The third kappa shape index (κ3) is 2.21. The second kappa shape index (κ2) is 4.61. The minimum atomic E-state index is -1.17. The highest BCUT2D eigenvalue weighted by molar-refractivity contribution is 5.81. The van der Waals surface area contributed by atoms with E-state index in [-0.39, 0.29) is 5.89 Å². The molecule has 0 aliphatic carbocycles. The Hall–Kier alpha value is -1.43. The van der Waals surface area contributed by atoms with Gasteiger partial charge < -0.3 is 14.5 Å². The highest BCUT2D eigenvalue weighted by Gasteiger charge is 2.25. The molecule has 1 aromatic heterocycles. The molecule has 1 atom stereocenters. The first-order valence-electron chi connectivity index (χ1n) is 5.50. The number of hydrogen-bond donors (Lipinski definition) is 1. The summed E-state index contributed by atoms with van der Waals surface area (Å²) in [6.07, 6.45) is 2.97. The van der Waals surface area contributed by atoms with Gasteiger partial charge in [-0.15, -0.1) is 0 Å². The van der Waals surface area contributed by atoms with Crippen molar-refractivity contribution in [3.63, 3.8) is 0 Å². The highest BCUT2D eigenvalue weighted by atomic mass is 16.5. The van der Waals surface area contributed by atoms with Crippen molar-refractivity contribution in [3.8, 4) is 0 Å². The summed E-state index contributed by atoms with van der Waals surface area (Å²) in [6.45, 7) is 4.23. The molecule has 1 N–H and O–H groups in total. The van der Waals surface area contributed by atoms with Gasteiger partial charge in [0.05, 0.1) is 0 Å². The number of hydrogen-bond acceptors (Lipinski definition) is 5. The lowest BCUT2D eigenvalue weighted by atomic mass is 10.1. The van der Waals surface area contributed by atoms with Crippen molar-refractivity contribution in [2.24, 2.45) is 0 Å². The molecule has 1 unspecified atom stereocenters. The van der Waals surface area contributed by atoms with Gasteiger partial charge in [-0.05, 0) is 25.9 Å². The van der Waals surface area contributed by atoms with Crippen molar-refractivity contribution in [2.45, 2.75) is 32.2 Å². The van der Waals surface area contributed by atoms with E-state index in [1.807, 2.05) is 0 Å². The minimum absolute atomic E-state index is 0.323. The summed E-state index contributed by atoms with van der Waals surface area (Å²) in [5, 5.41) is 12.3. The Morgan fingerprint density at radius 1 is 1.69 bits per heavy atom. The van der Waals surface area contributed by atoms with Crippen LogP contribution in [0, 0.1) is 0 Å². The predicted molar refractivity (Wildman–Crippen MR) is 55.2 cm³/mol. The third-order valence-electron chi connectivity index (χ3n) is 2.97. The Kier molecular flexibility index (Phi) is 3.19. The molecule has 0 spiro atoms. The molecule has 6 heteroatoms. The number of likely N-dealkylation sites (N-methyl/N-ethyl adjacent to an activating group) is 1. The van der Waals surface area contributed by atoms with E-state index in [0.717, 1.165) is 19.5 Å². The van der Waals surface area contributed by atoms with Crippen molar-refractivity contribution < 1.29 is 14.4 Å². The normalized spacial score (nSPS) is 21.4. The fraction of sp³-hybridized carbons (Fsp3) is 0.700. The van der Waals surface area contributed by atoms with Gasteiger partial charge in [-0.2, -0.15) is 4.98 Å². The third-order valence-corrected chi connectivity index (χ3v) is 2.97. The number of carboxylic acid groups (broad SMARTS) is 1. The molecule has 0 bridgehead atoms. The number of carboxylic acids is 1. The van der Waals surface area contributed by atoms with Crippen molar-refractivity contribution >= 4 is 5.97 Å². The predicted octanol–water partition coefficient (Wildman–Crippen LogP) is 0.795. The van der Waals surface area contributed by atoms with Crippen LogP contribution in [-0.2, 0) is 6.42 Å². The molecule has 0 aromatic carbocycles. The van der Waals surface area contributed by atoms with E-state index < -0.39 is 5.97 Å².